The van der Waals surface area contributed by atoms with Crippen LogP contribution in [0.5, 0.6) is 11.6 Å². The lowest BCUT2D eigenvalue weighted by molar-refractivity contribution is 0.414. The van der Waals surface area contributed by atoms with Gasteiger partial charge in [-0.1, -0.05) is 30.3 Å². The van der Waals surface area contributed by atoms with E-state index in [9.17, 15) is 8.42 Å². The summed E-state index contributed by atoms with van der Waals surface area (Å²) < 4.78 is 35.7. The minimum Gasteiger partial charge on any atom is -0.497 e. The Labute approximate surface area is 146 Å². The van der Waals surface area contributed by atoms with Crippen LogP contribution < -0.4 is 8.92 Å². The van der Waals surface area contributed by atoms with E-state index >= 15 is 0 Å². The highest BCUT2D eigenvalue weighted by Gasteiger charge is 2.18. The van der Waals surface area contributed by atoms with Gasteiger partial charge in [-0.15, -0.1) is 0 Å². The van der Waals surface area contributed by atoms with E-state index in [0.717, 1.165) is 5.56 Å². The highest BCUT2D eigenvalue weighted by molar-refractivity contribution is 7.87. The zero-order valence-corrected chi connectivity index (χ0v) is 14.7. The SMILES string of the molecule is CCS(=O)(=O)Oc1cc(-c2ccccc2)nn1-c1ccc(OC)cc1. The van der Waals surface area contributed by atoms with E-state index in [-0.39, 0.29) is 11.6 Å². The van der Waals surface area contributed by atoms with Crippen LogP contribution in [0.3, 0.4) is 0 Å². The first-order chi connectivity index (χ1) is 12.0. The first kappa shape index (κ1) is 17.0. The predicted octanol–water partition coefficient (Wildman–Crippen LogP) is 3.28. The average Bonchev–Trinajstić information content (AvgIpc) is 3.05. The van der Waals surface area contributed by atoms with Crippen LogP contribution in [0, 0.1) is 0 Å². The molecule has 0 atom stereocenters. The number of methoxy groups -OCH3 is 1. The molecule has 6 nitrogen and oxygen atoms in total. The van der Waals surface area contributed by atoms with E-state index in [1.54, 1.807) is 37.4 Å². The molecule has 0 amide bonds. The molecular weight excluding hydrogens is 340 g/mol. The fraction of sp³-hybridized carbons (Fsp3) is 0.167. The normalized spacial score (nSPS) is 11.3. The third kappa shape index (κ3) is 3.83. The Kier molecular flexibility index (Phi) is 4.76. The topological polar surface area (TPSA) is 70.4 Å². The number of ether oxygens (including phenoxy) is 1. The fourth-order valence-electron chi connectivity index (χ4n) is 2.27. The third-order valence-electron chi connectivity index (χ3n) is 3.63. The van der Waals surface area contributed by atoms with Crippen molar-refractivity contribution in [1.82, 2.24) is 9.78 Å². The number of nitrogens with zero attached hydrogens (tertiary/aromatic N) is 2. The van der Waals surface area contributed by atoms with Crippen LogP contribution in [0.2, 0.25) is 0 Å². The van der Waals surface area contributed by atoms with Crippen LogP contribution in [0.1, 0.15) is 6.92 Å². The van der Waals surface area contributed by atoms with Gasteiger partial charge in [-0.2, -0.15) is 18.2 Å². The lowest BCUT2D eigenvalue weighted by Crippen LogP contribution is -2.14. The Morgan fingerprint density at radius 2 is 1.72 bits per heavy atom. The Bertz CT molecular complexity index is 949. The molecule has 0 saturated carbocycles. The molecule has 3 rings (SSSR count). The molecule has 25 heavy (non-hydrogen) atoms. The molecule has 1 heterocycles. The first-order valence-electron chi connectivity index (χ1n) is 7.74. The Hall–Kier alpha value is -2.80. The summed E-state index contributed by atoms with van der Waals surface area (Å²) in [5.41, 5.74) is 2.16. The molecule has 0 N–H and O–H groups in total. The average molecular weight is 358 g/mol. The van der Waals surface area contributed by atoms with Gasteiger partial charge in [0.1, 0.15) is 5.75 Å². The van der Waals surface area contributed by atoms with Crippen molar-refractivity contribution in [2.45, 2.75) is 6.92 Å². The second kappa shape index (κ2) is 6.98. The van der Waals surface area contributed by atoms with Gasteiger partial charge < -0.3 is 8.92 Å². The van der Waals surface area contributed by atoms with E-state index in [0.29, 0.717) is 17.1 Å². The van der Waals surface area contributed by atoms with Gasteiger partial charge in [-0.05, 0) is 31.2 Å². The monoisotopic (exact) mass is 358 g/mol. The summed E-state index contributed by atoms with van der Waals surface area (Å²) in [5, 5.41) is 4.51. The highest BCUT2D eigenvalue weighted by Crippen LogP contribution is 2.28. The van der Waals surface area contributed by atoms with Crippen LogP contribution in [0.4, 0.5) is 0 Å². The van der Waals surface area contributed by atoms with Crippen LogP contribution in [0.15, 0.2) is 60.7 Å². The van der Waals surface area contributed by atoms with Gasteiger partial charge in [0.15, 0.2) is 0 Å². The van der Waals surface area contributed by atoms with E-state index in [4.69, 9.17) is 8.92 Å². The molecule has 0 spiro atoms. The zero-order chi connectivity index (χ0) is 17.9. The van der Waals surface area contributed by atoms with Gasteiger partial charge in [0.2, 0.25) is 5.88 Å². The molecular formula is C18H18N2O4S. The number of hydrogen-bond acceptors (Lipinski definition) is 5. The minimum atomic E-state index is -3.67. The molecule has 1 aromatic heterocycles. The summed E-state index contributed by atoms with van der Waals surface area (Å²) in [5.74, 6) is 0.718. The maximum atomic E-state index is 11.9. The molecule has 2 aromatic carbocycles. The summed E-state index contributed by atoms with van der Waals surface area (Å²) in [7, 11) is -2.09. The van der Waals surface area contributed by atoms with Gasteiger partial charge in [0, 0.05) is 11.6 Å². The molecule has 0 aliphatic rings. The van der Waals surface area contributed by atoms with Gasteiger partial charge in [-0.3, -0.25) is 0 Å². The van der Waals surface area contributed by atoms with E-state index in [1.807, 2.05) is 30.3 Å². The molecule has 0 saturated heterocycles. The second-order valence-corrected chi connectivity index (χ2v) is 7.13. The molecule has 0 aliphatic heterocycles. The van der Waals surface area contributed by atoms with Crippen molar-refractivity contribution >= 4 is 10.1 Å². The largest absolute Gasteiger partial charge is 0.497 e. The Morgan fingerprint density at radius 1 is 1.04 bits per heavy atom. The molecule has 7 heteroatoms. The highest BCUT2D eigenvalue weighted by atomic mass is 32.2. The molecule has 0 aliphatic carbocycles. The van der Waals surface area contributed by atoms with Crippen molar-refractivity contribution in [2.24, 2.45) is 0 Å². The van der Waals surface area contributed by atoms with Crippen molar-refractivity contribution < 1.29 is 17.3 Å². The number of benzene rings is 2. The summed E-state index contributed by atoms with van der Waals surface area (Å²) >= 11 is 0. The van der Waals surface area contributed by atoms with Gasteiger partial charge in [0.05, 0.1) is 24.2 Å². The van der Waals surface area contributed by atoms with Gasteiger partial charge in [-0.25, -0.2) is 0 Å². The fourth-order valence-corrected chi connectivity index (χ4v) is 2.77. The predicted molar refractivity (Wildman–Crippen MR) is 95.6 cm³/mol. The zero-order valence-electron chi connectivity index (χ0n) is 13.9. The number of rotatable bonds is 6. The summed E-state index contributed by atoms with van der Waals surface area (Å²) in [6.07, 6.45) is 0. The number of aromatic nitrogens is 2. The molecule has 0 radical (unpaired) electrons. The van der Waals surface area contributed by atoms with Crippen molar-refractivity contribution in [2.75, 3.05) is 12.9 Å². The van der Waals surface area contributed by atoms with Gasteiger partial charge in [0.25, 0.3) is 0 Å². The maximum absolute atomic E-state index is 11.9. The van der Waals surface area contributed by atoms with E-state index in [1.165, 1.54) is 11.6 Å². The van der Waals surface area contributed by atoms with Crippen molar-refractivity contribution in [3.8, 4) is 28.6 Å². The van der Waals surface area contributed by atoms with Gasteiger partial charge >= 0.3 is 10.1 Å². The lowest BCUT2D eigenvalue weighted by atomic mass is 10.2. The van der Waals surface area contributed by atoms with Crippen molar-refractivity contribution in [3.63, 3.8) is 0 Å². The first-order valence-corrected chi connectivity index (χ1v) is 9.32. The van der Waals surface area contributed by atoms with E-state index < -0.39 is 10.1 Å². The smallest absolute Gasteiger partial charge is 0.310 e. The molecule has 0 unspecified atom stereocenters. The maximum Gasteiger partial charge on any atom is 0.310 e. The van der Waals surface area contributed by atoms with Crippen LogP contribution >= 0.6 is 0 Å². The van der Waals surface area contributed by atoms with Crippen LogP contribution in [-0.4, -0.2) is 31.1 Å². The lowest BCUT2D eigenvalue weighted by Gasteiger charge is -2.08. The summed E-state index contributed by atoms with van der Waals surface area (Å²) in [4.78, 5) is 0. The Morgan fingerprint density at radius 3 is 2.32 bits per heavy atom. The minimum absolute atomic E-state index is 0.124. The van der Waals surface area contributed by atoms with Crippen molar-refractivity contribution in [1.29, 1.82) is 0 Å². The molecule has 130 valence electrons. The van der Waals surface area contributed by atoms with Crippen molar-refractivity contribution in [3.05, 3.63) is 60.7 Å². The molecule has 3 aromatic rings. The standard InChI is InChI=1S/C18H18N2O4S/c1-3-25(21,22)24-18-13-17(14-7-5-4-6-8-14)19-20(18)15-9-11-16(23-2)12-10-15/h4-13H,3H2,1-2H3. The third-order valence-corrected chi connectivity index (χ3v) is 4.76. The van der Waals surface area contributed by atoms with Crippen LogP contribution in [0.25, 0.3) is 16.9 Å². The molecule has 0 bridgehead atoms. The van der Waals surface area contributed by atoms with E-state index in [2.05, 4.69) is 5.10 Å². The Balaban J connectivity index is 2.09. The second-order valence-electron chi connectivity index (χ2n) is 5.27. The summed E-state index contributed by atoms with van der Waals surface area (Å²) in [6.45, 7) is 1.53. The number of hydrogen-bond donors (Lipinski definition) is 0. The summed E-state index contributed by atoms with van der Waals surface area (Å²) in [6, 6.07) is 18.2. The van der Waals surface area contributed by atoms with Crippen LogP contribution in [-0.2, 0) is 10.1 Å². The quantitative estimate of drug-likeness (QED) is 0.633. The molecule has 0 fully saturated rings.